The molecule has 0 radical (unpaired) electrons. The summed E-state index contributed by atoms with van der Waals surface area (Å²) in [6.45, 7) is 2.48. The number of nitrogens with zero attached hydrogens (tertiary/aromatic N) is 3. The highest BCUT2D eigenvalue weighted by molar-refractivity contribution is 8.13. The minimum absolute atomic E-state index is 0.0477. The van der Waals surface area contributed by atoms with Crippen molar-refractivity contribution in [2.45, 2.75) is 0 Å². The van der Waals surface area contributed by atoms with E-state index in [2.05, 4.69) is 0 Å². The average Bonchev–Trinajstić information content (AvgIpc) is 3.00. The molecule has 24 heavy (non-hydrogen) atoms. The van der Waals surface area contributed by atoms with Gasteiger partial charge in [-0.05, 0) is 24.3 Å². The summed E-state index contributed by atoms with van der Waals surface area (Å²) in [5.74, 6) is 0.107. The molecule has 0 aliphatic carbocycles. The summed E-state index contributed by atoms with van der Waals surface area (Å²) in [7, 11) is 0. The summed E-state index contributed by atoms with van der Waals surface area (Å²) < 4.78 is 12.9. The maximum absolute atomic E-state index is 12.9. The van der Waals surface area contributed by atoms with Crippen LogP contribution < -0.4 is 0 Å². The first-order valence-corrected chi connectivity index (χ1v) is 8.77. The van der Waals surface area contributed by atoms with Crippen molar-refractivity contribution in [2.75, 3.05) is 45.0 Å². The molecule has 2 aliphatic rings. The molecule has 2 aliphatic heterocycles. The fourth-order valence-corrected chi connectivity index (χ4v) is 3.59. The van der Waals surface area contributed by atoms with Crippen molar-refractivity contribution < 1.29 is 18.8 Å². The van der Waals surface area contributed by atoms with E-state index in [0.717, 1.165) is 5.75 Å². The molecule has 0 unspecified atom stereocenters. The largest absolute Gasteiger partial charge is 0.338 e. The summed E-state index contributed by atoms with van der Waals surface area (Å²) in [4.78, 5) is 41.1. The average molecular weight is 351 g/mol. The molecule has 2 fully saturated rings. The van der Waals surface area contributed by atoms with Crippen molar-refractivity contribution in [3.63, 3.8) is 0 Å². The van der Waals surface area contributed by atoms with Gasteiger partial charge < -0.3 is 14.7 Å². The lowest BCUT2D eigenvalue weighted by Gasteiger charge is -2.35. The Labute approximate surface area is 143 Å². The van der Waals surface area contributed by atoms with Crippen LogP contribution in [0, 0.1) is 5.82 Å². The molecule has 6 nitrogen and oxygen atoms in total. The number of hydrogen-bond acceptors (Lipinski definition) is 4. The molecule has 0 spiro atoms. The van der Waals surface area contributed by atoms with E-state index in [0.29, 0.717) is 38.3 Å². The van der Waals surface area contributed by atoms with Gasteiger partial charge in [0.25, 0.3) is 11.1 Å². The summed E-state index contributed by atoms with van der Waals surface area (Å²) in [6.07, 6.45) is 0. The molecule has 0 saturated carbocycles. The van der Waals surface area contributed by atoms with E-state index >= 15 is 0 Å². The molecular formula is C16H18FN3O3S. The van der Waals surface area contributed by atoms with E-state index in [-0.39, 0.29) is 29.4 Å². The SMILES string of the molecule is O=C(CN1CCSC1=O)N1CCN(C(=O)c2ccc(F)cc2)CC1. The lowest BCUT2D eigenvalue weighted by molar-refractivity contribution is -0.133. The van der Waals surface area contributed by atoms with E-state index in [1.54, 1.807) is 14.7 Å². The second-order valence-electron chi connectivity index (χ2n) is 5.72. The van der Waals surface area contributed by atoms with Gasteiger partial charge in [-0.2, -0.15) is 0 Å². The zero-order valence-electron chi connectivity index (χ0n) is 13.1. The van der Waals surface area contributed by atoms with E-state index < -0.39 is 0 Å². The molecule has 8 heteroatoms. The summed E-state index contributed by atoms with van der Waals surface area (Å²) >= 11 is 1.23. The van der Waals surface area contributed by atoms with Crippen molar-refractivity contribution in [3.05, 3.63) is 35.6 Å². The highest BCUT2D eigenvalue weighted by Crippen LogP contribution is 2.17. The van der Waals surface area contributed by atoms with Crippen molar-refractivity contribution in [1.29, 1.82) is 0 Å². The first-order valence-electron chi connectivity index (χ1n) is 7.79. The molecule has 3 amide bonds. The molecule has 2 heterocycles. The predicted molar refractivity (Wildman–Crippen MR) is 88.3 cm³/mol. The smallest absolute Gasteiger partial charge is 0.282 e. The fourth-order valence-electron chi connectivity index (χ4n) is 2.77. The zero-order chi connectivity index (χ0) is 17.1. The standard InChI is InChI=1S/C16H18FN3O3S/c17-13-3-1-12(2-4-13)15(22)19-7-5-18(6-8-19)14(21)11-20-9-10-24-16(20)23/h1-4H,5-11H2. The second kappa shape index (κ2) is 7.21. The van der Waals surface area contributed by atoms with Crippen molar-refractivity contribution in [1.82, 2.24) is 14.7 Å². The van der Waals surface area contributed by atoms with E-state index in [1.165, 1.54) is 36.0 Å². The molecule has 1 aromatic carbocycles. The molecule has 1 aromatic rings. The number of thioether (sulfide) groups is 1. The molecule has 0 N–H and O–H groups in total. The number of carbonyl (C=O) groups excluding carboxylic acids is 3. The van der Waals surface area contributed by atoms with Crippen molar-refractivity contribution in [2.24, 2.45) is 0 Å². The molecule has 2 saturated heterocycles. The Morgan fingerprint density at radius 3 is 2.21 bits per heavy atom. The number of halogens is 1. The van der Waals surface area contributed by atoms with Gasteiger partial charge in [-0.3, -0.25) is 14.4 Å². The van der Waals surface area contributed by atoms with Gasteiger partial charge in [0.1, 0.15) is 12.4 Å². The first-order chi connectivity index (χ1) is 11.5. The fraction of sp³-hybridized carbons (Fsp3) is 0.438. The Hall–Kier alpha value is -2.09. The monoisotopic (exact) mass is 351 g/mol. The third kappa shape index (κ3) is 3.69. The van der Waals surface area contributed by atoms with Gasteiger partial charge >= 0.3 is 0 Å². The van der Waals surface area contributed by atoms with Gasteiger partial charge in [0.05, 0.1) is 0 Å². The number of amides is 3. The predicted octanol–water partition coefficient (Wildman–Crippen LogP) is 1.28. The van der Waals surface area contributed by atoms with Gasteiger partial charge in [-0.25, -0.2) is 4.39 Å². The van der Waals surface area contributed by atoms with Crippen LogP contribution >= 0.6 is 11.8 Å². The van der Waals surface area contributed by atoms with Crippen LogP contribution in [0.5, 0.6) is 0 Å². The van der Waals surface area contributed by atoms with Crippen LogP contribution in [0.3, 0.4) is 0 Å². The lowest BCUT2D eigenvalue weighted by Crippen LogP contribution is -2.52. The Morgan fingerprint density at radius 1 is 1.00 bits per heavy atom. The van der Waals surface area contributed by atoms with Gasteiger partial charge in [0, 0.05) is 44.0 Å². The molecule has 0 bridgehead atoms. The molecule has 0 atom stereocenters. The van der Waals surface area contributed by atoms with E-state index in [1.807, 2.05) is 0 Å². The Balaban J connectivity index is 1.51. The van der Waals surface area contributed by atoms with Crippen LogP contribution in [0.2, 0.25) is 0 Å². The topological polar surface area (TPSA) is 60.9 Å². The van der Waals surface area contributed by atoms with Gasteiger partial charge in [-0.1, -0.05) is 11.8 Å². The number of piperazine rings is 1. The molecule has 3 rings (SSSR count). The quantitative estimate of drug-likeness (QED) is 0.823. The van der Waals surface area contributed by atoms with Gasteiger partial charge in [-0.15, -0.1) is 0 Å². The third-order valence-electron chi connectivity index (χ3n) is 4.18. The van der Waals surface area contributed by atoms with E-state index in [9.17, 15) is 18.8 Å². The first kappa shape index (κ1) is 16.8. The van der Waals surface area contributed by atoms with Crippen molar-refractivity contribution >= 4 is 28.8 Å². The summed E-state index contributed by atoms with van der Waals surface area (Å²) in [5, 5.41) is -0.0477. The minimum Gasteiger partial charge on any atom is -0.338 e. The minimum atomic E-state index is -0.378. The maximum Gasteiger partial charge on any atom is 0.282 e. The van der Waals surface area contributed by atoms with Crippen LogP contribution in [0.25, 0.3) is 0 Å². The van der Waals surface area contributed by atoms with E-state index in [4.69, 9.17) is 0 Å². The van der Waals surface area contributed by atoms with Crippen LogP contribution in [0.15, 0.2) is 24.3 Å². The Morgan fingerprint density at radius 2 is 1.62 bits per heavy atom. The molecule has 0 aromatic heterocycles. The van der Waals surface area contributed by atoms with Gasteiger partial charge in [0.15, 0.2) is 0 Å². The number of carbonyl (C=O) groups is 3. The zero-order valence-corrected chi connectivity index (χ0v) is 13.9. The van der Waals surface area contributed by atoms with Crippen LogP contribution in [-0.4, -0.2) is 76.8 Å². The summed E-state index contributed by atoms with van der Waals surface area (Å²) in [6, 6.07) is 5.45. The van der Waals surface area contributed by atoms with Crippen LogP contribution in [0.4, 0.5) is 9.18 Å². The second-order valence-corrected chi connectivity index (χ2v) is 6.76. The third-order valence-corrected chi connectivity index (χ3v) is 5.07. The number of hydrogen-bond donors (Lipinski definition) is 0. The Kier molecular flexibility index (Phi) is 5.03. The molecular weight excluding hydrogens is 333 g/mol. The normalized spacial score (nSPS) is 18.2. The summed E-state index contributed by atoms with van der Waals surface area (Å²) in [5.41, 5.74) is 0.441. The number of rotatable bonds is 3. The van der Waals surface area contributed by atoms with Gasteiger partial charge in [0.2, 0.25) is 5.91 Å². The number of benzene rings is 1. The highest BCUT2D eigenvalue weighted by atomic mass is 32.2. The lowest BCUT2D eigenvalue weighted by atomic mass is 10.1. The van der Waals surface area contributed by atoms with Crippen molar-refractivity contribution in [3.8, 4) is 0 Å². The molecule has 128 valence electrons. The highest BCUT2D eigenvalue weighted by Gasteiger charge is 2.28. The van der Waals surface area contributed by atoms with Crippen LogP contribution in [-0.2, 0) is 4.79 Å². The maximum atomic E-state index is 12.9. The Bertz CT molecular complexity index is 644. The van der Waals surface area contributed by atoms with Crippen LogP contribution in [0.1, 0.15) is 10.4 Å².